The van der Waals surface area contributed by atoms with Gasteiger partial charge in [0.25, 0.3) is 0 Å². The van der Waals surface area contributed by atoms with Gasteiger partial charge in [-0.05, 0) is 66.5 Å². The third-order valence-electron chi connectivity index (χ3n) is 5.58. The summed E-state index contributed by atoms with van der Waals surface area (Å²) in [7, 11) is -1.96. The average molecular weight is 411 g/mol. The molecule has 1 heterocycles. The van der Waals surface area contributed by atoms with E-state index in [9.17, 15) is 8.42 Å². The van der Waals surface area contributed by atoms with Gasteiger partial charge in [-0.1, -0.05) is 42.5 Å². The summed E-state index contributed by atoms with van der Waals surface area (Å²) < 4.78 is 34.1. The van der Waals surface area contributed by atoms with E-state index in [2.05, 4.69) is 9.62 Å². The van der Waals surface area contributed by atoms with Crippen molar-refractivity contribution in [3.63, 3.8) is 0 Å². The van der Waals surface area contributed by atoms with Crippen molar-refractivity contribution in [3.05, 3.63) is 72.3 Å². The Morgan fingerprint density at radius 2 is 1.66 bits per heavy atom. The van der Waals surface area contributed by atoms with Crippen molar-refractivity contribution < 1.29 is 13.2 Å². The van der Waals surface area contributed by atoms with Crippen molar-refractivity contribution >= 4 is 20.8 Å². The fourth-order valence-corrected chi connectivity index (χ4v) is 5.02. The molecule has 1 aliphatic rings. The van der Waals surface area contributed by atoms with Gasteiger partial charge in [0.1, 0.15) is 5.75 Å². The van der Waals surface area contributed by atoms with Crippen LogP contribution < -0.4 is 9.46 Å². The molecular formula is C23H26N2O3S. The highest BCUT2D eigenvalue weighted by molar-refractivity contribution is 7.89. The van der Waals surface area contributed by atoms with Gasteiger partial charge in [-0.2, -0.15) is 0 Å². The van der Waals surface area contributed by atoms with Crippen molar-refractivity contribution in [1.29, 1.82) is 0 Å². The Morgan fingerprint density at radius 3 is 2.34 bits per heavy atom. The first-order chi connectivity index (χ1) is 14.1. The Labute approximate surface area is 172 Å². The second-order valence-corrected chi connectivity index (χ2v) is 9.16. The minimum absolute atomic E-state index is 0.00126. The molecule has 0 aromatic heterocycles. The quantitative estimate of drug-likeness (QED) is 0.640. The number of likely N-dealkylation sites (tertiary alicyclic amines) is 1. The molecule has 3 aromatic carbocycles. The van der Waals surface area contributed by atoms with E-state index in [1.807, 2.05) is 54.6 Å². The third kappa shape index (κ3) is 4.45. The van der Waals surface area contributed by atoms with Crippen LogP contribution in [0.5, 0.6) is 5.75 Å². The SMILES string of the molecule is COc1ccc(C(CNS(=O)(=O)c2ccc3ccccc3c2)N2CCCC2)cc1. The molecule has 3 aromatic rings. The summed E-state index contributed by atoms with van der Waals surface area (Å²) in [5.41, 5.74) is 1.09. The van der Waals surface area contributed by atoms with E-state index in [1.54, 1.807) is 19.2 Å². The molecule has 152 valence electrons. The molecule has 1 saturated heterocycles. The average Bonchev–Trinajstić information content (AvgIpc) is 3.28. The Bertz CT molecular complexity index is 1070. The lowest BCUT2D eigenvalue weighted by atomic mass is 10.1. The molecule has 1 atom stereocenters. The second kappa shape index (κ2) is 8.53. The normalized spacial score (nSPS) is 16.2. The van der Waals surface area contributed by atoms with Gasteiger partial charge in [0, 0.05) is 12.6 Å². The summed E-state index contributed by atoms with van der Waals surface area (Å²) in [4.78, 5) is 2.65. The Kier molecular flexibility index (Phi) is 5.85. The topological polar surface area (TPSA) is 58.6 Å². The third-order valence-corrected chi connectivity index (χ3v) is 7.00. The largest absolute Gasteiger partial charge is 0.497 e. The van der Waals surface area contributed by atoms with Gasteiger partial charge < -0.3 is 4.74 Å². The number of methoxy groups -OCH3 is 1. The van der Waals surface area contributed by atoms with Crippen molar-refractivity contribution in [1.82, 2.24) is 9.62 Å². The van der Waals surface area contributed by atoms with Crippen molar-refractivity contribution in [2.24, 2.45) is 0 Å². The summed E-state index contributed by atoms with van der Waals surface area (Å²) in [6.07, 6.45) is 2.29. The highest BCUT2D eigenvalue weighted by atomic mass is 32.2. The molecule has 29 heavy (non-hydrogen) atoms. The maximum absolute atomic E-state index is 13.0. The fraction of sp³-hybridized carbons (Fsp3) is 0.304. The number of rotatable bonds is 7. The summed E-state index contributed by atoms with van der Waals surface area (Å²) in [6, 6.07) is 20.9. The van der Waals surface area contributed by atoms with Gasteiger partial charge in [-0.3, -0.25) is 4.90 Å². The van der Waals surface area contributed by atoms with Gasteiger partial charge in [0.15, 0.2) is 0 Å². The van der Waals surface area contributed by atoms with Crippen LogP contribution in [-0.2, 0) is 10.0 Å². The lowest BCUT2D eigenvalue weighted by molar-refractivity contribution is 0.246. The molecule has 0 amide bonds. The Balaban J connectivity index is 1.56. The summed E-state index contributed by atoms with van der Waals surface area (Å²) >= 11 is 0. The fourth-order valence-electron chi connectivity index (χ4n) is 3.94. The van der Waals surface area contributed by atoms with Crippen LogP contribution >= 0.6 is 0 Å². The van der Waals surface area contributed by atoms with Crippen LogP contribution in [0.1, 0.15) is 24.4 Å². The summed E-state index contributed by atoms with van der Waals surface area (Å²) in [5, 5.41) is 1.95. The maximum Gasteiger partial charge on any atom is 0.240 e. The first-order valence-corrected chi connectivity index (χ1v) is 11.4. The molecule has 6 heteroatoms. The van der Waals surface area contributed by atoms with Crippen molar-refractivity contribution in [2.45, 2.75) is 23.8 Å². The van der Waals surface area contributed by atoms with Crippen LogP contribution in [0.3, 0.4) is 0 Å². The monoisotopic (exact) mass is 410 g/mol. The van der Waals surface area contributed by atoms with Gasteiger partial charge in [0.05, 0.1) is 12.0 Å². The van der Waals surface area contributed by atoms with E-state index in [0.29, 0.717) is 11.4 Å². The molecule has 1 unspecified atom stereocenters. The number of nitrogens with one attached hydrogen (secondary N) is 1. The van der Waals surface area contributed by atoms with Crippen molar-refractivity contribution in [2.75, 3.05) is 26.7 Å². The van der Waals surface area contributed by atoms with Gasteiger partial charge in [-0.15, -0.1) is 0 Å². The van der Waals surface area contributed by atoms with Gasteiger partial charge in [-0.25, -0.2) is 13.1 Å². The van der Waals surface area contributed by atoms with E-state index < -0.39 is 10.0 Å². The second-order valence-electron chi connectivity index (χ2n) is 7.39. The lowest BCUT2D eigenvalue weighted by Crippen LogP contribution is -2.36. The first-order valence-electron chi connectivity index (χ1n) is 9.93. The van der Waals surface area contributed by atoms with Gasteiger partial charge in [0.2, 0.25) is 10.0 Å². The van der Waals surface area contributed by atoms with Crippen LogP contribution in [0.2, 0.25) is 0 Å². The lowest BCUT2D eigenvalue weighted by Gasteiger charge is -2.28. The predicted octanol–water partition coefficient (Wildman–Crippen LogP) is 3.96. The van der Waals surface area contributed by atoms with E-state index in [0.717, 1.165) is 48.0 Å². The van der Waals surface area contributed by atoms with Gasteiger partial charge >= 0.3 is 0 Å². The molecule has 1 N–H and O–H groups in total. The molecule has 4 rings (SSSR count). The molecule has 0 aliphatic carbocycles. The zero-order chi connectivity index (χ0) is 20.3. The Hall–Kier alpha value is -2.41. The van der Waals surface area contributed by atoms with Crippen LogP contribution in [0.15, 0.2) is 71.6 Å². The highest BCUT2D eigenvalue weighted by Crippen LogP contribution is 2.27. The molecule has 1 fully saturated rings. The predicted molar refractivity (Wildman–Crippen MR) is 116 cm³/mol. The number of hydrogen-bond acceptors (Lipinski definition) is 4. The van der Waals surface area contributed by atoms with E-state index in [1.165, 1.54) is 0 Å². The molecule has 1 aliphatic heterocycles. The number of ether oxygens (including phenoxy) is 1. The highest BCUT2D eigenvalue weighted by Gasteiger charge is 2.25. The molecule has 0 saturated carbocycles. The van der Waals surface area contributed by atoms with Crippen molar-refractivity contribution in [3.8, 4) is 5.75 Å². The van der Waals surface area contributed by atoms with E-state index in [4.69, 9.17) is 4.74 Å². The molecular weight excluding hydrogens is 384 g/mol. The van der Waals surface area contributed by atoms with E-state index >= 15 is 0 Å². The molecule has 0 radical (unpaired) electrons. The van der Waals surface area contributed by atoms with Crippen LogP contribution in [-0.4, -0.2) is 40.1 Å². The number of sulfonamides is 1. The first kappa shape index (κ1) is 19.9. The zero-order valence-corrected chi connectivity index (χ0v) is 17.4. The molecule has 0 spiro atoms. The summed E-state index contributed by atoms with van der Waals surface area (Å²) in [5.74, 6) is 0.797. The smallest absolute Gasteiger partial charge is 0.240 e. The van der Waals surface area contributed by atoms with Crippen LogP contribution in [0, 0.1) is 0 Å². The number of benzene rings is 3. The minimum Gasteiger partial charge on any atom is -0.497 e. The Morgan fingerprint density at radius 1 is 0.966 bits per heavy atom. The zero-order valence-electron chi connectivity index (χ0n) is 16.5. The van der Waals surface area contributed by atoms with Crippen LogP contribution in [0.4, 0.5) is 0 Å². The minimum atomic E-state index is -3.60. The molecule has 5 nitrogen and oxygen atoms in total. The number of hydrogen-bond donors (Lipinski definition) is 1. The maximum atomic E-state index is 13.0. The summed E-state index contributed by atoms with van der Waals surface area (Å²) in [6.45, 7) is 2.30. The standard InChI is InChI=1S/C23H26N2O3S/c1-28-21-11-8-19(9-12-21)23(25-14-4-5-15-25)17-24-29(26,27)22-13-10-18-6-2-3-7-20(18)16-22/h2-3,6-13,16,23-24H,4-5,14-15,17H2,1H3. The number of fused-ring (bicyclic) bond motifs is 1. The van der Waals surface area contributed by atoms with E-state index in [-0.39, 0.29) is 6.04 Å². The van der Waals surface area contributed by atoms with Crippen LogP contribution in [0.25, 0.3) is 10.8 Å². The molecule has 0 bridgehead atoms. The number of nitrogens with zero attached hydrogens (tertiary/aromatic N) is 1.